The lowest BCUT2D eigenvalue weighted by molar-refractivity contribution is 0.295. The summed E-state index contributed by atoms with van der Waals surface area (Å²) in [6.07, 6.45) is 12.0. The van der Waals surface area contributed by atoms with Crippen molar-refractivity contribution in [1.82, 2.24) is 0 Å². The van der Waals surface area contributed by atoms with Gasteiger partial charge in [0.15, 0.2) is 0 Å². The summed E-state index contributed by atoms with van der Waals surface area (Å²) in [5.74, 6) is 2.09. The molecule has 0 fully saturated rings. The minimum Gasteiger partial charge on any atom is -0.0676 e. The molecule has 0 aromatic carbocycles. The van der Waals surface area contributed by atoms with Gasteiger partial charge in [0.2, 0.25) is 0 Å². The largest absolute Gasteiger partial charge is 0.0676 e. The molecule has 0 spiro atoms. The molecule has 66 valence electrons. The van der Waals surface area contributed by atoms with E-state index in [0.717, 1.165) is 11.8 Å². The molecule has 0 saturated carbocycles. The maximum absolute atomic E-state index is 1.93. The summed E-state index contributed by atoms with van der Waals surface area (Å²) in [4.78, 5) is 0. The summed E-state index contributed by atoms with van der Waals surface area (Å²) in [5.41, 5.74) is 3.87. The maximum atomic E-state index is 1.93. The third-order valence-electron chi connectivity index (χ3n) is 4.26. The van der Waals surface area contributed by atoms with E-state index in [1.54, 1.807) is 0 Å². The molecule has 0 amide bonds. The highest BCUT2D eigenvalue weighted by molar-refractivity contribution is 5.27. The summed E-state index contributed by atoms with van der Waals surface area (Å²) in [6, 6.07) is 0. The minimum atomic E-state index is 1.05. The molecule has 0 N–H and O–H groups in total. The molecule has 0 heterocycles. The lowest BCUT2D eigenvalue weighted by Gasteiger charge is -2.41. The zero-order valence-electron chi connectivity index (χ0n) is 7.81. The van der Waals surface area contributed by atoms with Crippen LogP contribution < -0.4 is 0 Å². The Kier molecular flexibility index (Phi) is 1.56. The van der Waals surface area contributed by atoms with Gasteiger partial charge in [0, 0.05) is 0 Å². The molecule has 3 aliphatic carbocycles. The molecule has 4 bridgehead atoms. The van der Waals surface area contributed by atoms with Crippen molar-refractivity contribution in [3.8, 4) is 0 Å². The maximum Gasteiger partial charge on any atom is -0.0200 e. The van der Waals surface area contributed by atoms with Gasteiger partial charge in [-0.25, -0.2) is 0 Å². The van der Waals surface area contributed by atoms with Gasteiger partial charge in [-0.05, 0) is 63.2 Å². The van der Waals surface area contributed by atoms with Crippen LogP contribution in [0.25, 0.3) is 0 Å². The molecule has 3 rings (SSSR count). The van der Waals surface area contributed by atoms with Crippen molar-refractivity contribution in [3.05, 3.63) is 11.1 Å². The zero-order valence-corrected chi connectivity index (χ0v) is 7.81. The van der Waals surface area contributed by atoms with Crippen molar-refractivity contribution in [2.24, 2.45) is 11.8 Å². The van der Waals surface area contributed by atoms with Crippen LogP contribution in [0.2, 0.25) is 0 Å². The fraction of sp³-hybridized carbons (Fsp3) is 0.833. The molecular weight excluding hydrogens is 144 g/mol. The van der Waals surface area contributed by atoms with Crippen LogP contribution in [0.5, 0.6) is 0 Å². The zero-order chi connectivity index (χ0) is 7.97. The molecule has 2 atom stereocenters. The van der Waals surface area contributed by atoms with E-state index in [9.17, 15) is 0 Å². The predicted octanol–water partition coefficient (Wildman–Crippen LogP) is 3.68. The van der Waals surface area contributed by atoms with E-state index >= 15 is 0 Å². The van der Waals surface area contributed by atoms with Gasteiger partial charge in [-0.15, -0.1) is 0 Å². The van der Waals surface area contributed by atoms with Crippen molar-refractivity contribution in [2.75, 3.05) is 0 Å². The standard InChI is InChI=1S/C12H18/c1-3-9-7-8-10-4-2-6-12(9)11(10)5-1/h9-10H,1-8H2/t9-,10?/m1/s1. The van der Waals surface area contributed by atoms with E-state index < -0.39 is 0 Å². The topological polar surface area (TPSA) is 0 Å². The number of hydrogen-bond acceptors (Lipinski definition) is 0. The van der Waals surface area contributed by atoms with Gasteiger partial charge in [0.25, 0.3) is 0 Å². The average molecular weight is 162 g/mol. The summed E-state index contributed by atoms with van der Waals surface area (Å²) in [7, 11) is 0. The van der Waals surface area contributed by atoms with Crippen molar-refractivity contribution < 1.29 is 0 Å². The summed E-state index contributed by atoms with van der Waals surface area (Å²) >= 11 is 0. The van der Waals surface area contributed by atoms with Gasteiger partial charge in [-0.2, -0.15) is 0 Å². The molecule has 0 saturated heterocycles. The van der Waals surface area contributed by atoms with E-state index in [1.807, 2.05) is 11.1 Å². The molecule has 3 aliphatic rings. The highest BCUT2D eigenvalue weighted by atomic mass is 14.4. The van der Waals surface area contributed by atoms with E-state index in [-0.39, 0.29) is 0 Å². The van der Waals surface area contributed by atoms with Crippen LogP contribution in [0.4, 0.5) is 0 Å². The molecule has 0 aromatic rings. The Balaban J connectivity index is 2.03. The highest BCUT2D eigenvalue weighted by Gasteiger charge is 2.34. The van der Waals surface area contributed by atoms with E-state index in [0.29, 0.717) is 0 Å². The van der Waals surface area contributed by atoms with Crippen molar-refractivity contribution in [1.29, 1.82) is 0 Å². The van der Waals surface area contributed by atoms with Crippen LogP contribution in [0.15, 0.2) is 11.1 Å². The van der Waals surface area contributed by atoms with Gasteiger partial charge in [-0.1, -0.05) is 11.1 Å². The highest BCUT2D eigenvalue weighted by Crippen LogP contribution is 2.49. The number of rotatable bonds is 0. The van der Waals surface area contributed by atoms with Crippen LogP contribution in [-0.2, 0) is 0 Å². The fourth-order valence-electron chi connectivity index (χ4n) is 3.72. The van der Waals surface area contributed by atoms with E-state index in [2.05, 4.69) is 0 Å². The van der Waals surface area contributed by atoms with Crippen molar-refractivity contribution in [3.63, 3.8) is 0 Å². The van der Waals surface area contributed by atoms with Gasteiger partial charge in [0.05, 0.1) is 0 Å². The smallest absolute Gasteiger partial charge is 0.0200 e. The quantitative estimate of drug-likeness (QED) is 0.477. The Morgan fingerprint density at radius 2 is 1.17 bits per heavy atom. The lowest BCUT2D eigenvalue weighted by atomic mass is 9.64. The Hall–Kier alpha value is -0.260. The number of allylic oxidation sites excluding steroid dienone is 2. The molecule has 1 unspecified atom stereocenters. The van der Waals surface area contributed by atoms with Crippen LogP contribution in [0.3, 0.4) is 0 Å². The predicted molar refractivity (Wildman–Crippen MR) is 50.9 cm³/mol. The normalized spacial score (nSPS) is 40.0. The molecule has 0 aromatic heterocycles. The molecule has 0 nitrogen and oxygen atoms in total. The Bertz CT molecular complexity index is 200. The molecule has 12 heavy (non-hydrogen) atoms. The minimum absolute atomic E-state index is 1.05. The summed E-state index contributed by atoms with van der Waals surface area (Å²) < 4.78 is 0. The van der Waals surface area contributed by atoms with Gasteiger partial charge in [0.1, 0.15) is 0 Å². The summed E-state index contributed by atoms with van der Waals surface area (Å²) in [5, 5.41) is 0. The average Bonchev–Trinajstić information content (AvgIpc) is 2.07. The van der Waals surface area contributed by atoms with Gasteiger partial charge in [-0.3, -0.25) is 0 Å². The first-order valence-electron chi connectivity index (χ1n) is 5.67. The van der Waals surface area contributed by atoms with Crippen molar-refractivity contribution in [2.45, 2.75) is 51.4 Å². The monoisotopic (exact) mass is 162 g/mol. The molecule has 0 aliphatic heterocycles. The van der Waals surface area contributed by atoms with Crippen LogP contribution in [0.1, 0.15) is 51.4 Å². The van der Waals surface area contributed by atoms with Gasteiger partial charge >= 0.3 is 0 Å². The second kappa shape index (κ2) is 2.61. The van der Waals surface area contributed by atoms with Crippen LogP contribution in [0, 0.1) is 11.8 Å². The molecule has 0 radical (unpaired) electrons. The van der Waals surface area contributed by atoms with E-state index in [4.69, 9.17) is 0 Å². The first-order chi connectivity index (χ1) is 5.95. The third-order valence-corrected chi connectivity index (χ3v) is 4.26. The second-order valence-corrected chi connectivity index (χ2v) is 4.81. The molecule has 0 heteroatoms. The summed E-state index contributed by atoms with van der Waals surface area (Å²) in [6.45, 7) is 0. The van der Waals surface area contributed by atoms with Gasteiger partial charge < -0.3 is 0 Å². The second-order valence-electron chi connectivity index (χ2n) is 4.81. The fourth-order valence-corrected chi connectivity index (χ4v) is 3.72. The Labute approximate surface area is 75.0 Å². The first kappa shape index (κ1) is 7.17. The Morgan fingerprint density at radius 3 is 1.67 bits per heavy atom. The first-order valence-corrected chi connectivity index (χ1v) is 5.67. The van der Waals surface area contributed by atoms with Crippen LogP contribution >= 0.6 is 0 Å². The molecular formula is C12H18. The number of hydrogen-bond donors (Lipinski definition) is 0. The van der Waals surface area contributed by atoms with Crippen molar-refractivity contribution >= 4 is 0 Å². The Morgan fingerprint density at radius 1 is 0.667 bits per heavy atom. The van der Waals surface area contributed by atoms with Crippen LogP contribution in [-0.4, -0.2) is 0 Å². The lowest BCUT2D eigenvalue weighted by Crippen LogP contribution is -2.26. The van der Waals surface area contributed by atoms with E-state index in [1.165, 1.54) is 51.4 Å². The SMILES string of the molecule is C1CC2=C3CCC[C@@H]2CCC3C1. The third kappa shape index (κ3) is 0.901.